The molecule has 1 aromatic carbocycles. The van der Waals surface area contributed by atoms with E-state index in [0.717, 1.165) is 5.56 Å². The van der Waals surface area contributed by atoms with Gasteiger partial charge in [-0.2, -0.15) is 0 Å². The third kappa shape index (κ3) is 15.5. The fourth-order valence-corrected chi connectivity index (χ4v) is 22.3. The maximum Gasteiger partial charge on any atom is 0.717 e. The molecule has 208 valence electrons. The monoisotopic (exact) mass is 620 g/mol. The zero-order valence-corrected chi connectivity index (χ0v) is 32.6. The Bertz CT molecular complexity index is 791. The van der Waals surface area contributed by atoms with Gasteiger partial charge in [0.05, 0.1) is 0 Å². The Labute approximate surface area is 229 Å². The highest BCUT2D eigenvalue weighted by Crippen LogP contribution is 2.31. The highest BCUT2D eigenvalue weighted by atomic mass is 28.5. The Morgan fingerprint density at radius 1 is 0.556 bits per heavy atom. The summed E-state index contributed by atoms with van der Waals surface area (Å²) in [5.74, 6) is 0. The molecule has 0 spiro atoms. The van der Waals surface area contributed by atoms with Gasteiger partial charge in [0.15, 0.2) is 41.6 Å². The molecule has 1 rings (SSSR count). The third-order valence-corrected chi connectivity index (χ3v) is 23.0. The number of benzene rings is 1. The summed E-state index contributed by atoms with van der Waals surface area (Å²) in [6.07, 6.45) is 2.06. The lowest BCUT2D eigenvalue weighted by Crippen LogP contribution is -2.63. The third-order valence-electron chi connectivity index (χ3n) is 3.80. The molecule has 0 aliphatic carbocycles. The van der Waals surface area contributed by atoms with Gasteiger partial charge < -0.3 is 25.0 Å². The van der Waals surface area contributed by atoms with Crippen molar-refractivity contribution in [3.63, 3.8) is 0 Å². The molecule has 0 saturated carbocycles. The van der Waals surface area contributed by atoms with E-state index < -0.39 is 59.9 Å². The molecule has 1 aromatic rings. The van der Waals surface area contributed by atoms with Crippen molar-refractivity contribution >= 4 is 66.0 Å². The van der Waals surface area contributed by atoms with Crippen molar-refractivity contribution in [3.05, 3.63) is 41.3 Å². The average molecular weight is 621 g/mol. The fourth-order valence-electron chi connectivity index (χ4n) is 3.04. The lowest BCUT2D eigenvalue weighted by molar-refractivity contribution is 0.120. The Hall–Kier alpha value is 0.0782. The molecule has 0 amide bonds. The molecule has 13 heteroatoms. The largest absolute Gasteiger partial charge is 0.717 e. The smallest absolute Gasteiger partial charge is 0.484 e. The van der Waals surface area contributed by atoms with E-state index >= 15 is 0 Å². The first kappa shape index (κ1) is 34.1. The van der Waals surface area contributed by atoms with Gasteiger partial charge in [-0.3, -0.25) is 0 Å². The Morgan fingerprint density at radius 2 is 0.917 bits per heavy atom. The van der Waals surface area contributed by atoms with Crippen LogP contribution in [0.5, 0.6) is 0 Å². The van der Waals surface area contributed by atoms with Crippen LogP contribution >= 0.6 is 0 Å². The second-order valence-corrected chi connectivity index (χ2v) is 41.9. The summed E-state index contributed by atoms with van der Waals surface area (Å²) < 4.78 is 41.0. The minimum Gasteiger partial charge on any atom is -0.484 e. The first-order valence-corrected chi connectivity index (χ1v) is 33.0. The van der Waals surface area contributed by atoms with Crippen LogP contribution in [0.25, 0.3) is 6.08 Å². The average Bonchev–Trinajstić information content (AvgIpc) is 2.54. The Kier molecular flexibility index (Phi) is 11.8. The fraction of sp³-hybridized carbons (Fsp3) is 0.652. The predicted octanol–water partition coefficient (Wildman–Crippen LogP) is 7.50. The van der Waals surface area contributed by atoms with Crippen LogP contribution in [0.3, 0.4) is 0 Å². The quantitative estimate of drug-likeness (QED) is 0.159. The lowest BCUT2D eigenvalue weighted by atomic mass is 10.2. The maximum atomic E-state index is 7.02. The van der Waals surface area contributed by atoms with E-state index in [9.17, 15) is 0 Å². The van der Waals surface area contributed by atoms with Crippen molar-refractivity contribution in [1.82, 2.24) is 0 Å². The Morgan fingerprint density at radius 3 is 1.22 bits per heavy atom. The minimum atomic E-state index is -3.61. The molecule has 0 bridgehead atoms. The van der Waals surface area contributed by atoms with Crippen molar-refractivity contribution < 1.29 is 25.0 Å². The second kappa shape index (κ2) is 12.5. The summed E-state index contributed by atoms with van der Waals surface area (Å²) in [7, 11) is -16.4. The molecular formula is C23H52O6Si7. The Balaban J connectivity index is 3.83. The molecule has 0 heterocycles. The molecule has 0 fully saturated rings. The summed E-state index contributed by atoms with van der Waals surface area (Å²) in [6.45, 7) is 32.6. The van der Waals surface area contributed by atoms with E-state index in [0.29, 0.717) is 5.38 Å². The lowest BCUT2D eigenvalue weighted by Gasteiger charge is -2.42. The molecular weight excluding hydrogens is 569 g/mol. The standard InChI is InChI=1S/C23H52O6Si7/c1-31(2,3)25-30(26-32(4,5)6)23(21-22-19-17-16-18-20-22)24-36(27-33(7,8)9,28-34(10,11)12)29-35(13,14)15/h16-21,30H,1-15H3. The maximum absolute atomic E-state index is 7.02. The zero-order chi connectivity index (χ0) is 28.2. The van der Waals surface area contributed by atoms with Crippen LogP contribution < -0.4 is 0 Å². The summed E-state index contributed by atoms with van der Waals surface area (Å²) in [6, 6.07) is 10.2. The van der Waals surface area contributed by atoms with Crippen LogP contribution in [0.2, 0.25) is 98.2 Å². The first-order valence-electron chi connectivity index (χ1n) is 12.8. The van der Waals surface area contributed by atoms with E-state index in [1.165, 1.54) is 0 Å². The molecule has 36 heavy (non-hydrogen) atoms. The highest BCUT2D eigenvalue weighted by molar-refractivity contribution is 6.89. The second-order valence-electron chi connectivity index (χ2n) is 14.0. The molecule has 0 unspecified atom stereocenters. The van der Waals surface area contributed by atoms with Gasteiger partial charge in [-0.25, -0.2) is 0 Å². The van der Waals surface area contributed by atoms with Gasteiger partial charge in [0.25, 0.3) is 0 Å². The van der Waals surface area contributed by atoms with Gasteiger partial charge >= 0.3 is 18.3 Å². The topological polar surface area (TPSA) is 55.4 Å². The summed E-state index contributed by atoms with van der Waals surface area (Å²) in [4.78, 5) is 0. The highest BCUT2D eigenvalue weighted by Gasteiger charge is 2.57. The molecule has 0 aliphatic rings. The van der Waals surface area contributed by atoms with Crippen LogP contribution in [-0.2, 0) is 25.0 Å². The summed E-state index contributed by atoms with van der Waals surface area (Å²) >= 11 is 0. The number of hydrogen-bond donors (Lipinski definition) is 0. The molecule has 0 atom stereocenters. The van der Waals surface area contributed by atoms with Gasteiger partial charge in [-0.1, -0.05) is 30.3 Å². The van der Waals surface area contributed by atoms with Crippen LogP contribution in [0.15, 0.2) is 35.7 Å². The summed E-state index contributed by atoms with van der Waals surface area (Å²) in [5, 5.41) is 0.701. The van der Waals surface area contributed by atoms with Gasteiger partial charge in [-0.15, -0.1) is 0 Å². The van der Waals surface area contributed by atoms with Crippen molar-refractivity contribution in [2.45, 2.75) is 98.2 Å². The van der Waals surface area contributed by atoms with Crippen molar-refractivity contribution in [2.24, 2.45) is 0 Å². The minimum absolute atomic E-state index is 0.701. The molecule has 0 aliphatic heterocycles. The van der Waals surface area contributed by atoms with E-state index in [2.05, 4.69) is 116 Å². The molecule has 0 saturated heterocycles. The van der Waals surface area contributed by atoms with Crippen LogP contribution in [0, 0.1) is 0 Å². The van der Waals surface area contributed by atoms with Gasteiger partial charge in [0.2, 0.25) is 0 Å². The SMILES string of the molecule is C[Si](C)(C)O[SiH](O[Si](C)(C)C)C(=Cc1ccccc1)O[Si](O[Si](C)(C)C)(O[Si](C)(C)C)O[Si](C)(C)C. The van der Waals surface area contributed by atoms with Crippen LogP contribution in [0.1, 0.15) is 5.56 Å². The summed E-state index contributed by atoms with van der Waals surface area (Å²) in [5.41, 5.74) is 1.03. The van der Waals surface area contributed by atoms with Gasteiger partial charge in [-0.05, 0) is 110 Å². The molecule has 0 radical (unpaired) electrons. The molecule has 0 N–H and O–H groups in total. The van der Waals surface area contributed by atoms with Crippen LogP contribution in [-0.4, -0.2) is 59.9 Å². The first-order chi connectivity index (χ1) is 15.9. The predicted molar refractivity (Wildman–Crippen MR) is 171 cm³/mol. The number of hydrogen-bond acceptors (Lipinski definition) is 6. The molecule has 6 nitrogen and oxygen atoms in total. The zero-order valence-electron chi connectivity index (χ0n) is 25.5. The van der Waals surface area contributed by atoms with E-state index in [1.807, 2.05) is 18.2 Å². The van der Waals surface area contributed by atoms with E-state index in [1.54, 1.807) is 0 Å². The van der Waals surface area contributed by atoms with Crippen molar-refractivity contribution in [3.8, 4) is 0 Å². The van der Waals surface area contributed by atoms with Crippen molar-refractivity contribution in [1.29, 1.82) is 0 Å². The van der Waals surface area contributed by atoms with Gasteiger partial charge in [0.1, 0.15) is 5.38 Å². The van der Waals surface area contributed by atoms with Crippen molar-refractivity contribution in [2.75, 3.05) is 0 Å². The van der Waals surface area contributed by atoms with E-state index in [-0.39, 0.29) is 0 Å². The van der Waals surface area contributed by atoms with Gasteiger partial charge in [0, 0.05) is 0 Å². The molecule has 0 aromatic heterocycles. The number of rotatable bonds is 14. The van der Waals surface area contributed by atoms with E-state index in [4.69, 9.17) is 25.0 Å². The van der Waals surface area contributed by atoms with Crippen LogP contribution in [0.4, 0.5) is 0 Å². The normalized spacial score (nSPS) is 14.9.